The zero-order chi connectivity index (χ0) is 18.2. The molecule has 1 N–H and O–H groups in total. The van der Waals surface area contributed by atoms with Gasteiger partial charge in [0.2, 0.25) is 16.0 Å². The van der Waals surface area contributed by atoms with Crippen molar-refractivity contribution in [2.24, 2.45) is 0 Å². The van der Waals surface area contributed by atoms with E-state index in [2.05, 4.69) is 15.3 Å². The Morgan fingerprint density at radius 3 is 2.44 bits per heavy atom. The molecule has 1 saturated heterocycles. The van der Waals surface area contributed by atoms with Gasteiger partial charge in [0.05, 0.1) is 21.5 Å². The second-order valence-electron chi connectivity index (χ2n) is 5.38. The quantitative estimate of drug-likeness (QED) is 0.865. The number of nitrogens with one attached hydrogen (secondary N) is 1. The second-order valence-corrected chi connectivity index (χ2v) is 7.72. The average Bonchev–Trinajstić information content (AvgIpc) is 2.50. The first-order valence-electron chi connectivity index (χ1n) is 7.08. The van der Waals surface area contributed by atoms with Gasteiger partial charge in [-0.2, -0.15) is 17.5 Å². The summed E-state index contributed by atoms with van der Waals surface area (Å²) < 4.78 is 64.7. The third-order valence-electron chi connectivity index (χ3n) is 3.63. The van der Waals surface area contributed by atoms with E-state index < -0.39 is 31.7 Å². The minimum Gasteiger partial charge on any atom is -0.349 e. The summed E-state index contributed by atoms with van der Waals surface area (Å²) in [4.78, 5) is 7.48. The van der Waals surface area contributed by atoms with Crippen LogP contribution in [0.3, 0.4) is 0 Å². The Kier molecular flexibility index (Phi) is 4.60. The molecule has 1 aliphatic heterocycles. The van der Waals surface area contributed by atoms with Crippen LogP contribution in [0.1, 0.15) is 5.56 Å². The third-order valence-corrected chi connectivity index (χ3v) is 5.79. The van der Waals surface area contributed by atoms with Gasteiger partial charge in [-0.3, -0.25) is 0 Å². The number of nitrogens with zero attached hydrogens (tertiary/aromatic N) is 3. The Morgan fingerprint density at radius 2 is 1.84 bits per heavy atom. The summed E-state index contributed by atoms with van der Waals surface area (Å²) in [6.07, 6.45) is -1.66. The van der Waals surface area contributed by atoms with Crippen LogP contribution in [0.15, 0.2) is 41.6 Å². The summed E-state index contributed by atoms with van der Waals surface area (Å²) in [5.74, 6) is 0.357. The van der Waals surface area contributed by atoms with E-state index in [9.17, 15) is 21.6 Å². The zero-order valence-electron chi connectivity index (χ0n) is 12.5. The zero-order valence-corrected chi connectivity index (χ0v) is 14.1. The lowest BCUT2D eigenvalue weighted by Gasteiger charge is -2.38. The lowest BCUT2D eigenvalue weighted by molar-refractivity contribution is -0.137. The van der Waals surface area contributed by atoms with Gasteiger partial charge in [0.25, 0.3) is 0 Å². The molecule has 134 valence electrons. The Morgan fingerprint density at radius 1 is 1.20 bits per heavy atom. The highest BCUT2D eigenvalue weighted by molar-refractivity contribution is 7.89. The van der Waals surface area contributed by atoms with Crippen molar-refractivity contribution < 1.29 is 21.6 Å². The molecule has 0 aliphatic carbocycles. The van der Waals surface area contributed by atoms with Crippen LogP contribution >= 0.6 is 11.6 Å². The normalized spacial score (nSPS) is 16.5. The van der Waals surface area contributed by atoms with Gasteiger partial charge in [-0.25, -0.2) is 18.4 Å². The smallest absolute Gasteiger partial charge is 0.349 e. The van der Waals surface area contributed by atoms with Crippen molar-refractivity contribution in [3.8, 4) is 0 Å². The molecule has 1 aromatic heterocycles. The van der Waals surface area contributed by atoms with Crippen LogP contribution in [-0.2, 0) is 16.2 Å². The maximum absolute atomic E-state index is 12.9. The molecule has 25 heavy (non-hydrogen) atoms. The number of hydrogen-bond acceptors (Lipinski definition) is 5. The SMILES string of the molecule is O=S(=O)(c1ccc(Cl)c(C(F)(F)F)c1)N1CC(Nc2ncccn2)C1. The van der Waals surface area contributed by atoms with Gasteiger partial charge in [-0.05, 0) is 24.3 Å². The predicted octanol–water partition coefficient (Wildman–Crippen LogP) is 2.63. The van der Waals surface area contributed by atoms with Gasteiger partial charge in [0.15, 0.2) is 0 Å². The fraction of sp³-hybridized carbons (Fsp3) is 0.286. The maximum Gasteiger partial charge on any atom is 0.417 e. The highest BCUT2D eigenvalue weighted by atomic mass is 35.5. The van der Waals surface area contributed by atoms with Gasteiger partial charge >= 0.3 is 6.18 Å². The molecular formula is C14H12ClF3N4O2S. The number of hydrogen-bond donors (Lipinski definition) is 1. The van der Waals surface area contributed by atoms with Gasteiger partial charge in [0.1, 0.15) is 0 Å². The molecule has 0 bridgehead atoms. The van der Waals surface area contributed by atoms with E-state index in [1.807, 2.05) is 0 Å². The monoisotopic (exact) mass is 392 g/mol. The first kappa shape index (κ1) is 17.9. The summed E-state index contributed by atoms with van der Waals surface area (Å²) >= 11 is 5.52. The molecule has 2 heterocycles. The van der Waals surface area contributed by atoms with E-state index in [0.29, 0.717) is 12.0 Å². The lowest BCUT2D eigenvalue weighted by Crippen LogP contribution is -2.56. The lowest BCUT2D eigenvalue weighted by atomic mass is 10.2. The van der Waals surface area contributed by atoms with Crippen LogP contribution in [0, 0.1) is 0 Å². The highest BCUT2D eigenvalue weighted by Crippen LogP contribution is 2.36. The minimum absolute atomic E-state index is 0.102. The van der Waals surface area contributed by atoms with E-state index in [4.69, 9.17) is 11.6 Å². The van der Waals surface area contributed by atoms with Gasteiger partial charge in [0, 0.05) is 25.5 Å². The Labute approximate surface area is 146 Å². The molecule has 0 unspecified atom stereocenters. The standard InChI is InChI=1S/C14H12ClF3N4O2S/c15-12-3-2-10(6-11(12)14(16,17)18)25(23,24)22-7-9(8-22)21-13-19-4-1-5-20-13/h1-6,9H,7-8H2,(H,19,20,21). The number of anilines is 1. The molecule has 0 amide bonds. The number of sulfonamides is 1. The maximum atomic E-state index is 12.9. The van der Waals surface area contributed by atoms with E-state index in [1.54, 1.807) is 6.07 Å². The topological polar surface area (TPSA) is 75.2 Å². The van der Waals surface area contributed by atoms with Crippen molar-refractivity contribution in [2.45, 2.75) is 17.1 Å². The molecular weight excluding hydrogens is 381 g/mol. The molecule has 3 rings (SSSR count). The number of aromatic nitrogens is 2. The fourth-order valence-corrected chi connectivity index (χ4v) is 4.10. The second kappa shape index (κ2) is 6.43. The summed E-state index contributed by atoms with van der Waals surface area (Å²) in [5, 5.41) is 2.40. The van der Waals surface area contributed by atoms with E-state index in [0.717, 1.165) is 16.4 Å². The third kappa shape index (κ3) is 3.70. The molecule has 1 fully saturated rings. The number of halogens is 4. The molecule has 1 aromatic carbocycles. The number of alkyl halides is 3. The average molecular weight is 393 g/mol. The minimum atomic E-state index is -4.73. The molecule has 0 saturated carbocycles. The van der Waals surface area contributed by atoms with Crippen molar-refractivity contribution in [3.63, 3.8) is 0 Å². The van der Waals surface area contributed by atoms with Crippen molar-refractivity contribution in [1.82, 2.24) is 14.3 Å². The van der Waals surface area contributed by atoms with Crippen LogP contribution in [0.4, 0.5) is 19.1 Å². The molecule has 11 heteroatoms. The summed E-state index contributed by atoms with van der Waals surface area (Å²) in [5.41, 5.74) is -1.18. The summed E-state index contributed by atoms with van der Waals surface area (Å²) in [7, 11) is -4.03. The van der Waals surface area contributed by atoms with E-state index in [1.165, 1.54) is 12.4 Å². The molecule has 2 aromatic rings. The summed E-state index contributed by atoms with van der Waals surface area (Å²) in [6, 6.07) is 3.98. The van der Waals surface area contributed by atoms with Crippen LogP contribution in [-0.4, -0.2) is 41.8 Å². The molecule has 0 radical (unpaired) electrons. The Bertz CT molecular complexity index is 871. The van der Waals surface area contributed by atoms with Gasteiger partial charge in [-0.1, -0.05) is 11.6 Å². The van der Waals surface area contributed by atoms with Crippen LogP contribution in [0.2, 0.25) is 5.02 Å². The van der Waals surface area contributed by atoms with Crippen LogP contribution < -0.4 is 5.32 Å². The molecule has 0 atom stereocenters. The van der Waals surface area contributed by atoms with Crippen molar-refractivity contribution in [1.29, 1.82) is 0 Å². The van der Waals surface area contributed by atoms with E-state index in [-0.39, 0.29) is 19.1 Å². The first-order chi connectivity index (χ1) is 11.7. The van der Waals surface area contributed by atoms with Gasteiger partial charge < -0.3 is 5.32 Å². The largest absolute Gasteiger partial charge is 0.417 e. The van der Waals surface area contributed by atoms with E-state index >= 15 is 0 Å². The van der Waals surface area contributed by atoms with Crippen molar-refractivity contribution >= 4 is 27.6 Å². The van der Waals surface area contributed by atoms with Crippen LogP contribution in [0.25, 0.3) is 0 Å². The van der Waals surface area contributed by atoms with Crippen LogP contribution in [0.5, 0.6) is 0 Å². The first-order valence-corrected chi connectivity index (χ1v) is 8.90. The van der Waals surface area contributed by atoms with Crippen molar-refractivity contribution in [3.05, 3.63) is 47.2 Å². The van der Waals surface area contributed by atoms with Gasteiger partial charge in [-0.15, -0.1) is 0 Å². The Balaban J connectivity index is 1.74. The Hall–Kier alpha value is -1.91. The fourth-order valence-electron chi connectivity index (χ4n) is 2.31. The number of rotatable bonds is 4. The van der Waals surface area contributed by atoms with Crippen molar-refractivity contribution in [2.75, 3.05) is 18.4 Å². The molecule has 1 aliphatic rings. The number of benzene rings is 1. The molecule has 0 spiro atoms. The summed E-state index contributed by atoms with van der Waals surface area (Å²) in [6.45, 7) is 0.204. The predicted molar refractivity (Wildman–Crippen MR) is 84.7 cm³/mol. The molecule has 6 nitrogen and oxygen atoms in total. The highest BCUT2D eigenvalue weighted by Gasteiger charge is 2.39.